The number of nitrogens with zero attached hydrogens (tertiary/aromatic N) is 1. The van der Waals surface area contributed by atoms with E-state index in [9.17, 15) is 8.78 Å². The summed E-state index contributed by atoms with van der Waals surface area (Å²) in [5, 5.41) is 0. The van der Waals surface area contributed by atoms with Gasteiger partial charge in [0.2, 0.25) is 0 Å². The van der Waals surface area contributed by atoms with Crippen LogP contribution in [0.4, 0.5) is 8.78 Å². The second kappa shape index (κ2) is 7.62. The summed E-state index contributed by atoms with van der Waals surface area (Å²) in [4.78, 5) is 1.81. The molecule has 0 radical (unpaired) electrons. The molecule has 2 nitrogen and oxygen atoms in total. The first-order valence-electron chi connectivity index (χ1n) is 8.07. The van der Waals surface area contributed by atoms with E-state index < -0.39 is 5.92 Å². The highest BCUT2D eigenvalue weighted by Gasteiger charge is 2.34. The Bertz CT molecular complexity index is 678. The van der Waals surface area contributed by atoms with Crippen molar-refractivity contribution < 1.29 is 13.5 Å². The number of hydrogen-bond donors (Lipinski definition) is 0. The molecular weight excluding hydrogens is 376 g/mol. The van der Waals surface area contributed by atoms with E-state index in [1.807, 2.05) is 53.4 Å². The zero-order chi connectivity index (χ0) is 17.0. The zero-order valence-corrected chi connectivity index (χ0v) is 14.9. The quantitative estimate of drug-likeness (QED) is 0.684. The average Bonchev–Trinajstić information content (AvgIpc) is 2.52. The number of rotatable bonds is 5. The molecular formula is C19H20BrF2NO. The van der Waals surface area contributed by atoms with Crippen LogP contribution in [0, 0.1) is 0 Å². The second-order valence-corrected chi connectivity index (χ2v) is 7.16. The van der Waals surface area contributed by atoms with E-state index in [1.54, 1.807) is 0 Å². The topological polar surface area (TPSA) is 12.5 Å². The van der Waals surface area contributed by atoms with Gasteiger partial charge in [0.25, 0.3) is 5.92 Å². The van der Waals surface area contributed by atoms with Crippen LogP contribution in [0.15, 0.2) is 53.0 Å². The summed E-state index contributed by atoms with van der Waals surface area (Å²) in [6, 6.07) is 15.7. The monoisotopic (exact) mass is 395 g/mol. The molecule has 3 rings (SSSR count). The molecule has 128 valence electrons. The van der Waals surface area contributed by atoms with Gasteiger partial charge in [0, 0.05) is 17.4 Å². The van der Waals surface area contributed by atoms with Gasteiger partial charge in [-0.3, -0.25) is 4.90 Å². The highest BCUT2D eigenvalue weighted by Crippen LogP contribution is 2.29. The molecule has 0 amide bonds. The van der Waals surface area contributed by atoms with Gasteiger partial charge in [-0.2, -0.15) is 0 Å². The lowest BCUT2D eigenvalue weighted by Crippen LogP contribution is -2.42. The fraction of sp³-hybridized carbons (Fsp3) is 0.368. The van der Waals surface area contributed by atoms with E-state index in [0.29, 0.717) is 26.1 Å². The highest BCUT2D eigenvalue weighted by atomic mass is 79.9. The first-order chi connectivity index (χ1) is 11.5. The largest absolute Gasteiger partial charge is 0.489 e. The Hall–Kier alpha value is -1.46. The molecule has 0 saturated carbocycles. The molecule has 0 bridgehead atoms. The maximum Gasteiger partial charge on any atom is 0.260 e. The minimum absolute atomic E-state index is 0.00653. The molecule has 1 aliphatic rings. The maximum absolute atomic E-state index is 13.5. The van der Waals surface area contributed by atoms with E-state index in [2.05, 4.69) is 15.9 Å². The summed E-state index contributed by atoms with van der Waals surface area (Å²) in [6.45, 7) is 1.54. The Balaban J connectivity index is 1.65. The van der Waals surface area contributed by atoms with Crippen molar-refractivity contribution in [3.8, 4) is 5.75 Å². The molecule has 24 heavy (non-hydrogen) atoms. The van der Waals surface area contributed by atoms with Gasteiger partial charge in [0.05, 0.1) is 6.54 Å². The summed E-state index contributed by atoms with van der Waals surface area (Å²) in [6.07, 6.45) is 0.534. The van der Waals surface area contributed by atoms with Crippen LogP contribution in [0.3, 0.4) is 0 Å². The molecule has 0 spiro atoms. The molecule has 1 aliphatic heterocycles. The summed E-state index contributed by atoms with van der Waals surface area (Å²) < 4.78 is 33.8. The minimum atomic E-state index is -2.57. The third-order valence-electron chi connectivity index (χ3n) is 4.06. The van der Waals surface area contributed by atoms with Crippen LogP contribution in [0.5, 0.6) is 5.75 Å². The number of piperidine rings is 1. The number of benzene rings is 2. The fourth-order valence-corrected chi connectivity index (χ4v) is 3.50. The third kappa shape index (κ3) is 5.02. The predicted molar refractivity (Wildman–Crippen MR) is 94.4 cm³/mol. The second-order valence-electron chi connectivity index (χ2n) is 6.24. The molecule has 2 aromatic rings. The maximum atomic E-state index is 13.5. The van der Waals surface area contributed by atoms with Crippen LogP contribution in [0.25, 0.3) is 0 Å². The van der Waals surface area contributed by atoms with E-state index in [4.69, 9.17) is 4.74 Å². The average molecular weight is 396 g/mol. The van der Waals surface area contributed by atoms with Gasteiger partial charge in [0.15, 0.2) is 0 Å². The normalized spacial score (nSPS) is 17.6. The highest BCUT2D eigenvalue weighted by molar-refractivity contribution is 9.10. The first-order valence-corrected chi connectivity index (χ1v) is 8.86. The Morgan fingerprint density at radius 1 is 1.08 bits per heavy atom. The molecule has 0 aromatic heterocycles. The van der Waals surface area contributed by atoms with Crippen molar-refractivity contribution in [3.63, 3.8) is 0 Å². The van der Waals surface area contributed by atoms with Gasteiger partial charge in [-0.15, -0.1) is 0 Å². The van der Waals surface area contributed by atoms with Crippen LogP contribution in [0.2, 0.25) is 0 Å². The minimum Gasteiger partial charge on any atom is -0.489 e. The van der Waals surface area contributed by atoms with Crippen LogP contribution >= 0.6 is 15.9 Å². The molecule has 2 aromatic carbocycles. The number of halogens is 3. The van der Waals surface area contributed by atoms with Crippen LogP contribution in [0.1, 0.15) is 24.0 Å². The van der Waals surface area contributed by atoms with Crippen molar-refractivity contribution in [2.75, 3.05) is 13.1 Å². The van der Waals surface area contributed by atoms with Crippen molar-refractivity contribution in [3.05, 3.63) is 64.1 Å². The van der Waals surface area contributed by atoms with Gasteiger partial charge >= 0.3 is 0 Å². The van der Waals surface area contributed by atoms with Gasteiger partial charge in [0.1, 0.15) is 12.4 Å². The molecule has 1 saturated heterocycles. The van der Waals surface area contributed by atoms with Crippen molar-refractivity contribution >= 4 is 15.9 Å². The lowest BCUT2D eigenvalue weighted by Gasteiger charge is -2.32. The van der Waals surface area contributed by atoms with Gasteiger partial charge < -0.3 is 4.74 Å². The number of alkyl halides is 2. The van der Waals surface area contributed by atoms with Crippen molar-refractivity contribution in [1.29, 1.82) is 0 Å². The Kier molecular flexibility index (Phi) is 5.51. The Morgan fingerprint density at radius 3 is 2.62 bits per heavy atom. The van der Waals surface area contributed by atoms with Crippen molar-refractivity contribution in [2.45, 2.75) is 31.9 Å². The number of hydrogen-bond acceptors (Lipinski definition) is 2. The lowest BCUT2D eigenvalue weighted by atomic mass is 10.1. The predicted octanol–water partition coefficient (Wildman–Crippen LogP) is 5.26. The van der Waals surface area contributed by atoms with E-state index >= 15 is 0 Å². The smallest absolute Gasteiger partial charge is 0.260 e. The summed E-state index contributed by atoms with van der Waals surface area (Å²) >= 11 is 3.48. The van der Waals surface area contributed by atoms with Gasteiger partial charge in [-0.1, -0.05) is 46.3 Å². The van der Waals surface area contributed by atoms with E-state index in [-0.39, 0.29) is 13.0 Å². The summed E-state index contributed by atoms with van der Waals surface area (Å²) in [5.74, 6) is -1.83. The molecule has 0 atom stereocenters. The van der Waals surface area contributed by atoms with Crippen LogP contribution < -0.4 is 4.74 Å². The molecule has 1 fully saturated rings. The standard InChI is InChI=1S/C19H20BrF2NO/c20-17-9-16(12-23-8-4-7-19(21,22)14-23)10-18(11-17)24-13-15-5-2-1-3-6-15/h1-3,5-6,9-11H,4,7-8,12-14H2. The summed E-state index contributed by atoms with van der Waals surface area (Å²) in [5.41, 5.74) is 2.07. The van der Waals surface area contributed by atoms with Crippen LogP contribution in [-0.2, 0) is 13.2 Å². The molecule has 0 N–H and O–H groups in total. The molecule has 5 heteroatoms. The summed E-state index contributed by atoms with van der Waals surface area (Å²) in [7, 11) is 0. The SMILES string of the molecule is FC1(F)CCCN(Cc2cc(Br)cc(OCc3ccccc3)c2)C1. The molecule has 0 aliphatic carbocycles. The molecule has 0 unspecified atom stereocenters. The zero-order valence-electron chi connectivity index (χ0n) is 13.4. The third-order valence-corrected chi connectivity index (χ3v) is 4.52. The molecule has 1 heterocycles. The van der Waals surface area contributed by atoms with Gasteiger partial charge in [-0.25, -0.2) is 8.78 Å². The Labute approximate surface area is 149 Å². The van der Waals surface area contributed by atoms with Crippen LogP contribution in [-0.4, -0.2) is 23.9 Å². The first kappa shape index (κ1) is 17.4. The van der Waals surface area contributed by atoms with Gasteiger partial charge in [-0.05, 0) is 42.3 Å². The lowest BCUT2D eigenvalue weighted by molar-refractivity contribution is -0.0661. The van der Waals surface area contributed by atoms with Crippen molar-refractivity contribution in [1.82, 2.24) is 4.90 Å². The van der Waals surface area contributed by atoms with E-state index in [0.717, 1.165) is 21.3 Å². The fourth-order valence-electron chi connectivity index (χ4n) is 2.98. The van der Waals surface area contributed by atoms with Crippen molar-refractivity contribution in [2.24, 2.45) is 0 Å². The Morgan fingerprint density at radius 2 is 1.88 bits per heavy atom. The number of likely N-dealkylation sites (tertiary alicyclic amines) is 1. The number of ether oxygens (including phenoxy) is 1. The van der Waals surface area contributed by atoms with E-state index in [1.165, 1.54) is 0 Å².